The van der Waals surface area contributed by atoms with Crippen LogP contribution in [0.2, 0.25) is 0 Å². The van der Waals surface area contributed by atoms with Crippen molar-refractivity contribution in [3.63, 3.8) is 0 Å². The molecule has 5 heteroatoms. The van der Waals surface area contributed by atoms with Crippen molar-refractivity contribution in [2.75, 3.05) is 46.5 Å². The average Bonchev–Trinajstić information content (AvgIpc) is 2.83. The van der Waals surface area contributed by atoms with Crippen LogP contribution in [0.4, 0.5) is 0 Å². The quantitative estimate of drug-likeness (QED) is 0.824. The molecule has 0 N–H and O–H groups in total. The molecule has 0 amide bonds. The molecule has 2 aliphatic heterocycles. The molecule has 24 heavy (non-hydrogen) atoms. The molecule has 2 aliphatic rings. The lowest BCUT2D eigenvalue weighted by Crippen LogP contribution is -2.44. The van der Waals surface area contributed by atoms with E-state index in [9.17, 15) is 0 Å². The van der Waals surface area contributed by atoms with Crippen molar-refractivity contribution in [3.05, 3.63) is 30.1 Å². The van der Waals surface area contributed by atoms with Crippen LogP contribution in [0.25, 0.3) is 0 Å². The lowest BCUT2D eigenvalue weighted by molar-refractivity contribution is -0.0563. The molecule has 0 radical (unpaired) electrons. The zero-order valence-corrected chi connectivity index (χ0v) is 15.3. The number of pyridine rings is 1. The van der Waals surface area contributed by atoms with E-state index in [1.165, 1.54) is 5.56 Å². The normalized spacial score (nSPS) is 28.8. The van der Waals surface area contributed by atoms with E-state index in [1.807, 2.05) is 18.5 Å². The second kappa shape index (κ2) is 7.91. The van der Waals surface area contributed by atoms with Gasteiger partial charge < -0.3 is 14.4 Å². The minimum Gasteiger partial charge on any atom is -0.377 e. The number of nitrogens with zero attached hydrogens (tertiary/aromatic N) is 3. The van der Waals surface area contributed by atoms with Gasteiger partial charge in [-0.25, -0.2) is 0 Å². The highest BCUT2D eigenvalue weighted by Gasteiger charge is 2.43. The number of ether oxygens (including phenoxy) is 2. The summed E-state index contributed by atoms with van der Waals surface area (Å²) in [5.41, 5.74) is 1.12. The fraction of sp³-hybridized carbons (Fsp3) is 0.737. The van der Waals surface area contributed by atoms with Gasteiger partial charge >= 0.3 is 0 Å². The third-order valence-corrected chi connectivity index (χ3v) is 5.27. The number of rotatable bonds is 5. The highest BCUT2D eigenvalue weighted by atomic mass is 16.5. The minimum absolute atomic E-state index is 0.138. The predicted octanol–water partition coefficient (Wildman–Crippen LogP) is 2.03. The number of aromatic nitrogens is 1. The SMILES string of the molecule is CC(C)N(C)C[C@@H]1CO[C@@]2(COCCN(Cc3cccnc3)C2)C1. The molecule has 2 saturated heterocycles. The molecule has 3 rings (SSSR count). The van der Waals surface area contributed by atoms with Gasteiger partial charge in [-0.05, 0) is 44.9 Å². The monoisotopic (exact) mass is 333 g/mol. The third kappa shape index (κ3) is 4.54. The molecular formula is C19H31N3O2. The van der Waals surface area contributed by atoms with Gasteiger partial charge in [0.25, 0.3) is 0 Å². The fourth-order valence-electron chi connectivity index (χ4n) is 3.75. The Balaban J connectivity index is 1.60. The Labute approximate surface area is 145 Å². The topological polar surface area (TPSA) is 37.8 Å². The summed E-state index contributed by atoms with van der Waals surface area (Å²) in [7, 11) is 2.20. The number of hydrogen-bond acceptors (Lipinski definition) is 5. The van der Waals surface area contributed by atoms with E-state index in [4.69, 9.17) is 9.47 Å². The smallest absolute Gasteiger partial charge is 0.104 e. The first-order valence-corrected chi connectivity index (χ1v) is 9.09. The summed E-state index contributed by atoms with van der Waals surface area (Å²) in [5, 5.41) is 0. The van der Waals surface area contributed by atoms with Crippen LogP contribution in [-0.4, -0.2) is 72.9 Å². The Hall–Kier alpha value is -1.01. The van der Waals surface area contributed by atoms with E-state index in [1.54, 1.807) is 0 Å². The summed E-state index contributed by atoms with van der Waals surface area (Å²) in [6.45, 7) is 10.8. The van der Waals surface area contributed by atoms with E-state index < -0.39 is 0 Å². The number of hydrogen-bond donors (Lipinski definition) is 0. The molecule has 5 nitrogen and oxygen atoms in total. The molecule has 0 bridgehead atoms. The molecule has 0 unspecified atom stereocenters. The standard InChI is InChI=1S/C19H31N3O2/c1-16(2)21(3)11-18-9-19(24-13-18)14-22(7-8-23-15-19)12-17-5-4-6-20-10-17/h4-6,10,16,18H,7-9,11-15H2,1-3H3/t18-,19+/m1/s1. The molecule has 0 aliphatic carbocycles. The van der Waals surface area contributed by atoms with Gasteiger partial charge in [0.15, 0.2) is 0 Å². The summed E-state index contributed by atoms with van der Waals surface area (Å²) in [6, 6.07) is 4.72. The van der Waals surface area contributed by atoms with Gasteiger partial charge in [0, 0.05) is 44.6 Å². The highest BCUT2D eigenvalue weighted by molar-refractivity contribution is 5.08. The molecular weight excluding hydrogens is 302 g/mol. The van der Waals surface area contributed by atoms with E-state index in [-0.39, 0.29) is 5.60 Å². The van der Waals surface area contributed by atoms with Crippen molar-refractivity contribution in [2.24, 2.45) is 5.92 Å². The molecule has 2 atom stereocenters. The largest absolute Gasteiger partial charge is 0.377 e. The molecule has 134 valence electrons. The fourth-order valence-corrected chi connectivity index (χ4v) is 3.75. The van der Waals surface area contributed by atoms with E-state index in [2.05, 4.69) is 41.7 Å². The molecule has 1 aromatic heterocycles. The second-order valence-electron chi connectivity index (χ2n) is 7.72. The van der Waals surface area contributed by atoms with Gasteiger partial charge in [-0.15, -0.1) is 0 Å². The molecule has 1 spiro atoms. The lowest BCUT2D eigenvalue weighted by Gasteiger charge is -2.31. The first-order chi connectivity index (χ1) is 11.6. The van der Waals surface area contributed by atoms with Crippen molar-refractivity contribution >= 4 is 0 Å². The molecule has 0 aromatic carbocycles. The van der Waals surface area contributed by atoms with E-state index >= 15 is 0 Å². The lowest BCUT2D eigenvalue weighted by atomic mass is 9.93. The van der Waals surface area contributed by atoms with Crippen LogP contribution in [0.15, 0.2) is 24.5 Å². The maximum Gasteiger partial charge on any atom is 0.104 e. The van der Waals surface area contributed by atoms with Gasteiger partial charge in [0.2, 0.25) is 0 Å². The minimum atomic E-state index is -0.138. The molecule has 3 heterocycles. The first-order valence-electron chi connectivity index (χ1n) is 9.09. The predicted molar refractivity (Wildman–Crippen MR) is 94.9 cm³/mol. The highest BCUT2D eigenvalue weighted by Crippen LogP contribution is 2.33. The Bertz CT molecular complexity index is 511. The summed E-state index contributed by atoms with van der Waals surface area (Å²) in [6.07, 6.45) is 4.87. The van der Waals surface area contributed by atoms with Gasteiger partial charge in [-0.1, -0.05) is 6.07 Å². The van der Waals surface area contributed by atoms with Crippen LogP contribution in [0, 0.1) is 5.92 Å². The maximum atomic E-state index is 6.31. The Morgan fingerprint density at radius 3 is 3.08 bits per heavy atom. The summed E-state index contributed by atoms with van der Waals surface area (Å²) >= 11 is 0. The van der Waals surface area contributed by atoms with Gasteiger partial charge in [-0.2, -0.15) is 0 Å². The van der Waals surface area contributed by atoms with Crippen molar-refractivity contribution in [1.29, 1.82) is 0 Å². The van der Waals surface area contributed by atoms with Crippen LogP contribution >= 0.6 is 0 Å². The van der Waals surface area contributed by atoms with E-state index in [0.717, 1.165) is 52.4 Å². The molecule has 2 fully saturated rings. The summed E-state index contributed by atoms with van der Waals surface area (Å²) in [5.74, 6) is 0.597. The zero-order chi connectivity index (χ0) is 17.0. The Kier molecular flexibility index (Phi) is 5.87. The van der Waals surface area contributed by atoms with Gasteiger partial charge in [0.1, 0.15) is 5.60 Å². The van der Waals surface area contributed by atoms with Crippen LogP contribution in [0.1, 0.15) is 25.8 Å². The average molecular weight is 333 g/mol. The summed E-state index contributed by atoms with van der Waals surface area (Å²) < 4.78 is 12.2. The van der Waals surface area contributed by atoms with Crippen molar-refractivity contribution in [3.8, 4) is 0 Å². The van der Waals surface area contributed by atoms with Crippen LogP contribution in [0.3, 0.4) is 0 Å². The van der Waals surface area contributed by atoms with Crippen molar-refractivity contribution in [1.82, 2.24) is 14.8 Å². The molecule has 1 aromatic rings. The van der Waals surface area contributed by atoms with Crippen molar-refractivity contribution in [2.45, 2.75) is 38.5 Å². The summed E-state index contributed by atoms with van der Waals surface area (Å²) in [4.78, 5) is 9.10. The van der Waals surface area contributed by atoms with Crippen LogP contribution in [0.5, 0.6) is 0 Å². The Morgan fingerprint density at radius 1 is 1.46 bits per heavy atom. The Morgan fingerprint density at radius 2 is 2.33 bits per heavy atom. The van der Waals surface area contributed by atoms with Crippen molar-refractivity contribution < 1.29 is 9.47 Å². The second-order valence-corrected chi connectivity index (χ2v) is 7.72. The third-order valence-electron chi connectivity index (χ3n) is 5.27. The van der Waals surface area contributed by atoms with E-state index in [0.29, 0.717) is 12.0 Å². The van der Waals surface area contributed by atoms with Crippen LogP contribution in [-0.2, 0) is 16.0 Å². The van der Waals surface area contributed by atoms with Crippen LogP contribution < -0.4 is 0 Å². The van der Waals surface area contributed by atoms with Gasteiger partial charge in [-0.3, -0.25) is 9.88 Å². The van der Waals surface area contributed by atoms with Gasteiger partial charge in [0.05, 0.1) is 19.8 Å². The maximum absolute atomic E-state index is 6.31. The zero-order valence-electron chi connectivity index (χ0n) is 15.3. The molecule has 0 saturated carbocycles. The first kappa shape index (κ1) is 17.8.